The van der Waals surface area contributed by atoms with Crippen LogP contribution in [0.25, 0.3) is 0 Å². The maximum Gasteiger partial charge on any atom is 0.309 e. The van der Waals surface area contributed by atoms with Crippen LogP contribution < -0.4 is 10.6 Å². The van der Waals surface area contributed by atoms with Crippen LogP contribution in [0.5, 0.6) is 0 Å². The maximum absolute atomic E-state index is 13.1. The van der Waals surface area contributed by atoms with E-state index in [0.29, 0.717) is 11.6 Å². The van der Waals surface area contributed by atoms with Gasteiger partial charge in [0.1, 0.15) is 11.0 Å². The second kappa shape index (κ2) is 9.43. The summed E-state index contributed by atoms with van der Waals surface area (Å²) in [5.74, 6) is -1.62. The third-order valence-electron chi connectivity index (χ3n) is 4.55. The summed E-state index contributed by atoms with van der Waals surface area (Å²) < 4.78 is 36.8. The molecule has 1 aliphatic heterocycles. The number of hydrogen-bond acceptors (Lipinski definition) is 6. The predicted molar refractivity (Wildman–Crippen MR) is 105 cm³/mol. The molecule has 1 saturated heterocycles. The topological polar surface area (TPSA) is 115 Å². The minimum absolute atomic E-state index is 0.0281. The minimum Gasteiger partial charge on any atom is -0.468 e. The normalized spacial score (nSPS) is 17.6. The molecular weight excluding hydrogens is 420 g/mol. The maximum atomic E-state index is 13.1. The van der Waals surface area contributed by atoms with Gasteiger partial charge < -0.3 is 19.8 Å². The summed E-state index contributed by atoms with van der Waals surface area (Å²) in [6.45, 7) is 0.543. The lowest BCUT2D eigenvalue weighted by atomic mass is 10.2. The van der Waals surface area contributed by atoms with Crippen molar-refractivity contribution in [3.63, 3.8) is 0 Å². The minimum atomic E-state index is -3.91. The Morgan fingerprint density at radius 3 is 2.48 bits per heavy atom. The van der Waals surface area contributed by atoms with Crippen LogP contribution >= 0.6 is 11.6 Å². The monoisotopic (exact) mass is 440 g/mol. The highest BCUT2D eigenvalue weighted by Crippen LogP contribution is 2.29. The number of carbonyl (C=O) groups is 2. The van der Waals surface area contributed by atoms with Crippen LogP contribution in [-0.2, 0) is 24.2 Å². The molecule has 0 unspecified atom stereocenters. The second-order valence-electron chi connectivity index (χ2n) is 6.56. The lowest BCUT2D eigenvalue weighted by Crippen LogP contribution is -2.44. The third kappa shape index (κ3) is 5.37. The van der Waals surface area contributed by atoms with Gasteiger partial charge in [-0.2, -0.15) is 0 Å². The summed E-state index contributed by atoms with van der Waals surface area (Å²) in [7, 11) is -3.91. The number of hydrogen-bond donors (Lipinski definition) is 2. The molecule has 1 aromatic carbocycles. The van der Waals surface area contributed by atoms with Crippen molar-refractivity contribution in [3.8, 4) is 0 Å². The number of furan rings is 1. The summed E-state index contributed by atoms with van der Waals surface area (Å²) in [4.78, 5) is 24.1. The fourth-order valence-electron chi connectivity index (χ4n) is 2.98. The number of carbonyl (C=O) groups excluding carboxylic acids is 2. The zero-order chi connectivity index (χ0) is 20.9. The fourth-order valence-corrected chi connectivity index (χ4v) is 4.70. The van der Waals surface area contributed by atoms with E-state index >= 15 is 0 Å². The Labute approximate surface area is 173 Å². The average Bonchev–Trinajstić information content (AvgIpc) is 3.40. The van der Waals surface area contributed by atoms with Crippen molar-refractivity contribution in [1.29, 1.82) is 0 Å². The highest BCUT2D eigenvalue weighted by atomic mass is 35.5. The van der Waals surface area contributed by atoms with E-state index in [-0.39, 0.29) is 29.8 Å². The van der Waals surface area contributed by atoms with E-state index in [0.717, 1.165) is 12.8 Å². The molecule has 2 amide bonds. The largest absolute Gasteiger partial charge is 0.468 e. The molecule has 1 fully saturated rings. The molecule has 0 radical (unpaired) electrons. The molecule has 8 nitrogen and oxygen atoms in total. The molecule has 2 aromatic rings. The van der Waals surface area contributed by atoms with Crippen molar-refractivity contribution >= 4 is 33.3 Å². The summed E-state index contributed by atoms with van der Waals surface area (Å²) in [6.07, 6.45) is 2.98. The molecule has 29 heavy (non-hydrogen) atoms. The summed E-state index contributed by atoms with van der Waals surface area (Å²) in [6, 6.07) is 8.74. The number of sulfone groups is 1. The Morgan fingerprint density at radius 1 is 1.14 bits per heavy atom. The Bertz CT molecular complexity index is 938. The highest BCUT2D eigenvalue weighted by molar-refractivity contribution is 7.91. The van der Waals surface area contributed by atoms with Crippen LogP contribution in [-0.4, -0.2) is 46.0 Å². The van der Waals surface area contributed by atoms with Gasteiger partial charge in [-0.25, -0.2) is 8.42 Å². The molecule has 2 atom stereocenters. The molecule has 0 spiro atoms. The van der Waals surface area contributed by atoms with Crippen molar-refractivity contribution in [2.45, 2.75) is 29.1 Å². The van der Waals surface area contributed by atoms with Crippen LogP contribution in [0.4, 0.5) is 0 Å². The number of amides is 2. The molecule has 1 aliphatic rings. The van der Waals surface area contributed by atoms with Crippen molar-refractivity contribution in [2.24, 2.45) is 0 Å². The van der Waals surface area contributed by atoms with Crippen molar-refractivity contribution in [2.75, 3.05) is 19.7 Å². The Morgan fingerprint density at radius 2 is 1.86 bits per heavy atom. The molecule has 0 saturated carbocycles. The van der Waals surface area contributed by atoms with Gasteiger partial charge in [-0.3, -0.25) is 9.59 Å². The summed E-state index contributed by atoms with van der Waals surface area (Å²) >= 11 is 5.83. The molecule has 2 N–H and O–H groups in total. The zero-order valence-electron chi connectivity index (χ0n) is 15.5. The van der Waals surface area contributed by atoms with Gasteiger partial charge in [0.15, 0.2) is 9.84 Å². The van der Waals surface area contributed by atoms with E-state index in [2.05, 4.69) is 10.6 Å². The number of nitrogens with one attached hydrogen (secondary N) is 2. The lowest BCUT2D eigenvalue weighted by molar-refractivity contribution is -0.139. The van der Waals surface area contributed by atoms with Gasteiger partial charge in [-0.05, 0) is 49.2 Å². The van der Waals surface area contributed by atoms with Gasteiger partial charge in [0.25, 0.3) is 0 Å². The van der Waals surface area contributed by atoms with E-state index in [4.69, 9.17) is 20.8 Å². The van der Waals surface area contributed by atoms with E-state index < -0.39 is 26.9 Å². The van der Waals surface area contributed by atoms with E-state index in [1.807, 2.05) is 0 Å². The van der Waals surface area contributed by atoms with Gasteiger partial charge in [0.05, 0.1) is 17.3 Å². The molecule has 0 bridgehead atoms. The van der Waals surface area contributed by atoms with E-state index in [1.165, 1.54) is 36.6 Å². The first-order valence-corrected chi connectivity index (χ1v) is 11.0. The molecule has 0 aliphatic carbocycles. The molecule has 10 heteroatoms. The lowest BCUT2D eigenvalue weighted by Gasteiger charge is -2.17. The number of benzene rings is 1. The zero-order valence-corrected chi connectivity index (χ0v) is 17.0. The first-order chi connectivity index (χ1) is 13.9. The average molecular weight is 441 g/mol. The van der Waals surface area contributed by atoms with Crippen LogP contribution in [0.1, 0.15) is 23.9 Å². The van der Waals surface area contributed by atoms with Crippen molar-refractivity contribution in [3.05, 3.63) is 53.4 Å². The quantitative estimate of drug-likeness (QED) is 0.635. The number of rotatable bonds is 7. The fraction of sp³-hybridized carbons (Fsp3) is 0.368. The molecule has 156 valence electrons. The van der Waals surface area contributed by atoms with Gasteiger partial charge in [-0.1, -0.05) is 11.6 Å². The number of halogens is 1. The Kier molecular flexibility index (Phi) is 6.94. The highest BCUT2D eigenvalue weighted by Gasteiger charge is 2.32. The van der Waals surface area contributed by atoms with Gasteiger partial charge in [0.2, 0.25) is 0 Å². The van der Waals surface area contributed by atoms with E-state index in [1.54, 1.807) is 6.07 Å². The van der Waals surface area contributed by atoms with Crippen LogP contribution in [0.2, 0.25) is 5.02 Å². The Hall–Kier alpha value is -2.36. The smallest absolute Gasteiger partial charge is 0.309 e. The SMILES string of the molecule is O=C(NC[C@@H]1CCCO1)C(=O)NC[C@H](c1ccco1)S(=O)(=O)c1ccc(Cl)cc1. The molecule has 3 rings (SSSR count). The second-order valence-corrected chi connectivity index (χ2v) is 9.12. The van der Waals surface area contributed by atoms with Gasteiger partial charge >= 0.3 is 11.8 Å². The summed E-state index contributed by atoms with van der Waals surface area (Å²) in [5.41, 5.74) is 0. The van der Waals surface area contributed by atoms with E-state index in [9.17, 15) is 18.0 Å². The molecule has 1 aromatic heterocycles. The standard InChI is InChI=1S/C19H21ClN2O6S/c20-13-5-7-15(8-6-13)29(25,26)17(16-4-2-10-28-16)12-22-19(24)18(23)21-11-14-3-1-9-27-14/h2,4-8,10,14,17H,1,3,9,11-12H2,(H,21,23)(H,22,24)/t14-,17+/m0/s1. The predicted octanol–water partition coefficient (Wildman–Crippen LogP) is 1.86. The van der Waals surface area contributed by atoms with Gasteiger partial charge in [0, 0.05) is 24.7 Å². The van der Waals surface area contributed by atoms with Crippen LogP contribution in [0.15, 0.2) is 52.0 Å². The van der Waals surface area contributed by atoms with Crippen LogP contribution in [0.3, 0.4) is 0 Å². The molecular formula is C19H21ClN2O6S. The van der Waals surface area contributed by atoms with Crippen LogP contribution in [0, 0.1) is 0 Å². The first-order valence-electron chi connectivity index (χ1n) is 9.08. The first kappa shape index (κ1) is 21.4. The Balaban J connectivity index is 1.67. The summed E-state index contributed by atoms with van der Waals surface area (Å²) in [5, 5.41) is 4.07. The third-order valence-corrected chi connectivity index (χ3v) is 6.88. The van der Waals surface area contributed by atoms with Crippen molar-refractivity contribution in [1.82, 2.24) is 10.6 Å². The van der Waals surface area contributed by atoms with Crippen molar-refractivity contribution < 1.29 is 27.2 Å². The molecule has 2 heterocycles. The van der Waals surface area contributed by atoms with Gasteiger partial charge in [-0.15, -0.1) is 0 Å². The number of ether oxygens (including phenoxy) is 1.